The molecule has 7 heteroatoms. The molecule has 0 aliphatic heterocycles. The van der Waals surface area contributed by atoms with Gasteiger partial charge in [-0.25, -0.2) is 0 Å². The number of furan rings is 1. The van der Waals surface area contributed by atoms with Crippen LogP contribution in [0.3, 0.4) is 0 Å². The molecule has 0 radical (unpaired) electrons. The zero-order chi connectivity index (χ0) is 23.6. The molecule has 1 aromatic heterocycles. The third kappa shape index (κ3) is 7.52. The van der Waals surface area contributed by atoms with Gasteiger partial charge in [-0.05, 0) is 56.9 Å². The third-order valence-corrected chi connectivity index (χ3v) is 6.75. The summed E-state index contributed by atoms with van der Waals surface area (Å²) in [4.78, 5) is 19.3. The van der Waals surface area contributed by atoms with Gasteiger partial charge in [-0.3, -0.25) is 14.7 Å². The van der Waals surface area contributed by atoms with Gasteiger partial charge in [-0.1, -0.05) is 32.1 Å². The second kappa shape index (κ2) is 13.1. The molecule has 1 heterocycles. The fourth-order valence-corrected chi connectivity index (χ4v) is 4.35. The highest BCUT2D eigenvalue weighted by atomic mass is 16.7. The summed E-state index contributed by atoms with van der Waals surface area (Å²) in [7, 11) is 3.17. The topological polar surface area (TPSA) is 73.5 Å². The lowest BCUT2D eigenvalue weighted by Crippen LogP contribution is -2.44. The van der Waals surface area contributed by atoms with Gasteiger partial charge < -0.3 is 18.6 Å². The first-order valence-electron chi connectivity index (χ1n) is 12.2. The summed E-state index contributed by atoms with van der Waals surface area (Å²) < 4.78 is 22.4. The molecule has 0 unspecified atom stereocenters. The molecule has 1 atom stereocenters. The fraction of sp³-hybridized carbons (Fsp3) is 0.692. The van der Waals surface area contributed by atoms with E-state index >= 15 is 0 Å². The van der Waals surface area contributed by atoms with Gasteiger partial charge in [0.25, 0.3) is 0 Å². The molecule has 7 nitrogen and oxygen atoms in total. The number of ether oxygens (including phenoxy) is 3. The molecule has 0 spiro atoms. The average molecular weight is 461 g/mol. The Bertz CT molecular complexity index is 885. The Hall–Kier alpha value is -1.96. The predicted molar refractivity (Wildman–Crippen MR) is 129 cm³/mol. The first-order valence-corrected chi connectivity index (χ1v) is 12.2. The quantitative estimate of drug-likeness (QED) is 0.295. The number of methoxy groups -OCH3 is 2. The van der Waals surface area contributed by atoms with Crippen LogP contribution in [-0.2, 0) is 25.4 Å². The number of hydrogen-bond donors (Lipinski definition) is 0. The summed E-state index contributed by atoms with van der Waals surface area (Å²) >= 11 is 0. The van der Waals surface area contributed by atoms with Crippen molar-refractivity contribution >= 4 is 24.4 Å². The van der Waals surface area contributed by atoms with Crippen molar-refractivity contribution in [1.82, 2.24) is 4.90 Å². The lowest BCUT2D eigenvalue weighted by atomic mass is 9.82. The van der Waals surface area contributed by atoms with E-state index in [1.54, 1.807) is 19.1 Å². The van der Waals surface area contributed by atoms with Crippen molar-refractivity contribution in [1.29, 1.82) is 0 Å². The van der Waals surface area contributed by atoms with Crippen LogP contribution in [0.5, 0.6) is 0 Å². The highest BCUT2D eigenvalue weighted by Gasteiger charge is 2.28. The zero-order valence-corrected chi connectivity index (χ0v) is 20.5. The van der Waals surface area contributed by atoms with Crippen LogP contribution < -0.4 is 10.6 Å². The van der Waals surface area contributed by atoms with Crippen LogP contribution in [-0.4, -0.2) is 51.5 Å². The average Bonchev–Trinajstić information content (AvgIpc) is 3.53. The van der Waals surface area contributed by atoms with Crippen LogP contribution in [0.2, 0.25) is 0 Å². The Morgan fingerprint density at radius 3 is 2.58 bits per heavy atom. The molecule has 1 aromatic rings. The molecule has 0 bridgehead atoms. The van der Waals surface area contributed by atoms with Gasteiger partial charge in [0.15, 0.2) is 0 Å². The molecule has 1 amide bonds. The molecule has 2 fully saturated rings. The van der Waals surface area contributed by atoms with Crippen molar-refractivity contribution in [3.05, 3.63) is 22.5 Å². The third-order valence-electron chi connectivity index (χ3n) is 6.75. The minimum atomic E-state index is -0.403. The zero-order valence-electron chi connectivity index (χ0n) is 20.5. The van der Waals surface area contributed by atoms with Gasteiger partial charge in [-0.2, -0.15) is 0 Å². The van der Waals surface area contributed by atoms with E-state index in [2.05, 4.69) is 11.7 Å². The molecule has 0 N–H and O–H groups in total. The van der Waals surface area contributed by atoms with Crippen molar-refractivity contribution in [2.75, 3.05) is 27.7 Å². The fourth-order valence-electron chi connectivity index (χ4n) is 4.35. The maximum absolute atomic E-state index is 13.4. The molecular weight excluding hydrogens is 420 g/mol. The largest absolute Gasteiger partial charge is 0.461 e. The van der Waals surface area contributed by atoms with E-state index in [1.807, 2.05) is 19.1 Å². The summed E-state index contributed by atoms with van der Waals surface area (Å²) in [6.07, 6.45) is 11.9. The Kier molecular flexibility index (Phi) is 10.2. The van der Waals surface area contributed by atoms with E-state index in [1.165, 1.54) is 32.1 Å². The summed E-state index contributed by atoms with van der Waals surface area (Å²) in [6.45, 7) is 5.94. The normalized spacial score (nSPS) is 18.7. The van der Waals surface area contributed by atoms with Crippen molar-refractivity contribution in [2.45, 2.75) is 77.4 Å². The summed E-state index contributed by atoms with van der Waals surface area (Å²) in [5, 5.41) is 0.841. The van der Waals surface area contributed by atoms with Crippen molar-refractivity contribution in [3.8, 4) is 0 Å². The smallest absolute Gasteiger partial charge is 0.232 e. The molecule has 33 heavy (non-hydrogen) atoms. The van der Waals surface area contributed by atoms with Crippen molar-refractivity contribution in [3.63, 3.8) is 0 Å². The van der Waals surface area contributed by atoms with Crippen molar-refractivity contribution < 1.29 is 23.4 Å². The first-order chi connectivity index (χ1) is 16.1. The number of carbonyl (C=O) groups is 1. The van der Waals surface area contributed by atoms with Crippen LogP contribution in [0.25, 0.3) is 11.8 Å². The minimum Gasteiger partial charge on any atom is -0.461 e. The predicted octanol–water partition coefficient (Wildman–Crippen LogP) is 3.58. The maximum Gasteiger partial charge on any atom is 0.232 e. The van der Waals surface area contributed by atoms with E-state index in [-0.39, 0.29) is 25.9 Å². The van der Waals surface area contributed by atoms with Gasteiger partial charge in [0.2, 0.25) is 5.91 Å². The van der Waals surface area contributed by atoms with Crippen LogP contribution in [0.4, 0.5) is 0 Å². The number of hydrogen-bond acceptors (Lipinski definition) is 6. The molecule has 2 saturated carbocycles. The number of aryl methyl sites for hydroxylation is 1. The minimum absolute atomic E-state index is 0.103. The van der Waals surface area contributed by atoms with Crippen LogP contribution in [0, 0.1) is 11.8 Å². The maximum atomic E-state index is 13.4. The van der Waals surface area contributed by atoms with E-state index < -0.39 is 6.23 Å². The second-order valence-corrected chi connectivity index (χ2v) is 9.23. The van der Waals surface area contributed by atoms with Gasteiger partial charge in [0, 0.05) is 25.9 Å². The Morgan fingerprint density at radius 2 is 2.00 bits per heavy atom. The summed E-state index contributed by atoms with van der Waals surface area (Å²) in [5.41, 5.74) is 1.35. The van der Waals surface area contributed by atoms with E-state index in [0.29, 0.717) is 5.70 Å². The molecule has 2 aliphatic rings. The highest BCUT2D eigenvalue weighted by molar-refractivity contribution is 5.84. The molecular formula is C26H40N2O5. The summed E-state index contributed by atoms with van der Waals surface area (Å²) in [5.74, 6) is 2.38. The molecule has 2 aliphatic carbocycles. The highest BCUT2D eigenvalue weighted by Crippen LogP contribution is 2.33. The van der Waals surface area contributed by atoms with Gasteiger partial charge in [0.1, 0.15) is 30.9 Å². The lowest BCUT2D eigenvalue weighted by Gasteiger charge is -2.33. The van der Waals surface area contributed by atoms with Crippen LogP contribution >= 0.6 is 0 Å². The Labute approximate surface area is 197 Å². The van der Waals surface area contributed by atoms with E-state index in [9.17, 15) is 4.79 Å². The number of amides is 1. The van der Waals surface area contributed by atoms with Gasteiger partial charge >= 0.3 is 0 Å². The van der Waals surface area contributed by atoms with Gasteiger partial charge in [0.05, 0.1) is 12.1 Å². The second-order valence-electron chi connectivity index (χ2n) is 9.23. The molecule has 0 aromatic carbocycles. The molecule has 3 rings (SSSR count). The standard InChI is InChI=1S/C26H40N2O5/c1-5-24-22(15-21(33-24)13-11-20-9-10-20)23(27-2)16-25(29)28(17-30-3)26(32-18-31-4)14-12-19-7-6-8-19/h5,15,19-20,26H,2,6-14,16-18H2,1,3-4H3/b23-22-,24-5+/t26-/m1/s1. The monoisotopic (exact) mass is 460 g/mol. The molecule has 184 valence electrons. The Morgan fingerprint density at radius 1 is 1.24 bits per heavy atom. The van der Waals surface area contributed by atoms with Crippen molar-refractivity contribution in [2.24, 2.45) is 16.8 Å². The number of carbonyl (C=O) groups excluding carboxylic acids is 1. The summed E-state index contributed by atoms with van der Waals surface area (Å²) in [6, 6.07) is 2.02. The number of rotatable bonds is 15. The van der Waals surface area contributed by atoms with Crippen LogP contribution in [0.1, 0.15) is 70.5 Å². The number of nitrogens with zero attached hydrogens (tertiary/aromatic N) is 2. The first kappa shape index (κ1) is 25.7. The SMILES string of the molecule is C=N/C(CC(=O)N(COC)[C@@H](CCC1CCC1)OCOC)=c1/cc(CCC2CC2)o/c1=C/C. The van der Waals surface area contributed by atoms with E-state index in [4.69, 9.17) is 18.6 Å². The number of aliphatic imine (C=N–C) groups is 1. The van der Waals surface area contributed by atoms with Crippen LogP contribution in [0.15, 0.2) is 15.5 Å². The molecule has 0 saturated heterocycles. The van der Waals surface area contributed by atoms with E-state index in [0.717, 1.165) is 53.9 Å². The Balaban J connectivity index is 1.77. The lowest BCUT2D eigenvalue weighted by molar-refractivity contribution is -0.174. The van der Waals surface area contributed by atoms with Gasteiger partial charge in [-0.15, -0.1) is 0 Å².